The number of H-pyrrole nitrogens is 1. The molecule has 0 fully saturated rings. The molecule has 0 amide bonds. The number of nitrogens with zero attached hydrogens (tertiary/aromatic N) is 3. The first-order chi connectivity index (χ1) is 14.0. The minimum absolute atomic E-state index is 0.107. The molecule has 29 heavy (non-hydrogen) atoms. The summed E-state index contributed by atoms with van der Waals surface area (Å²) in [5.41, 5.74) is 2.65. The first kappa shape index (κ1) is 19.5. The van der Waals surface area contributed by atoms with Crippen LogP contribution in [0.15, 0.2) is 58.5 Å². The van der Waals surface area contributed by atoms with Gasteiger partial charge in [-0.1, -0.05) is 41.6 Å². The SMILES string of the molecule is Cc1cc(OCc2nnc(SCc3cc(=O)[nH]c4ccccc34)n2C)ccc1Cl. The van der Waals surface area contributed by atoms with E-state index in [1.165, 1.54) is 11.8 Å². The van der Waals surface area contributed by atoms with E-state index >= 15 is 0 Å². The number of aromatic amines is 1. The second-order valence-corrected chi connectivity index (χ2v) is 8.00. The van der Waals surface area contributed by atoms with E-state index in [0.29, 0.717) is 17.4 Å². The van der Waals surface area contributed by atoms with Gasteiger partial charge in [0.1, 0.15) is 12.4 Å². The summed E-state index contributed by atoms with van der Waals surface area (Å²) in [6.07, 6.45) is 0. The van der Waals surface area contributed by atoms with Gasteiger partial charge in [0.05, 0.1) is 0 Å². The fourth-order valence-corrected chi connectivity index (χ4v) is 4.03. The number of aryl methyl sites for hydroxylation is 1. The lowest BCUT2D eigenvalue weighted by Gasteiger charge is -2.08. The van der Waals surface area contributed by atoms with Crippen LogP contribution in [-0.4, -0.2) is 19.7 Å². The fourth-order valence-electron chi connectivity index (χ4n) is 2.99. The van der Waals surface area contributed by atoms with E-state index in [1.807, 2.05) is 61.0 Å². The highest BCUT2D eigenvalue weighted by atomic mass is 35.5. The number of hydrogen-bond donors (Lipinski definition) is 1. The highest BCUT2D eigenvalue weighted by Crippen LogP contribution is 2.25. The van der Waals surface area contributed by atoms with Crippen LogP contribution in [0.5, 0.6) is 5.75 Å². The molecule has 2 heterocycles. The van der Waals surface area contributed by atoms with Gasteiger partial charge in [-0.05, 0) is 42.3 Å². The molecule has 0 atom stereocenters. The highest BCUT2D eigenvalue weighted by molar-refractivity contribution is 7.98. The van der Waals surface area contributed by atoms with Crippen LogP contribution in [0, 0.1) is 6.92 Å². The number of pyridine rings is 1. The van der Waals surface area contributed by atoms with E-state index in [2.05, 4.69) is 15.2 Å². The molecule has 0 aliphatic carbocycles. The van der Waals surface area contributed by atoms with Gasteiger partial charge in [0.2, 0.25) is 5.56 Å². The zero-order valence-electron chi connectivity index (χ0n) is 16.0. The minimum Gasteiger partial charge on any atom is -0.486 e. The molecule has 4 rings (SSSR count). The van der Waals surface area contributed by atoms with Crippen LogP contribution in [0.4, 0.5) is 0 Å². The molecular weight excluding hydrogens is 408 g/mol. The van der Waals surface area contributed by atoms with Crippen molar-refractivity contribution in [2.45, 2.75) is 24.4 Å². The van der Waals surface area contributed by atoms with E-state index in [-0.39, 0.29) is 5.56 Å². The quantitative estimate of drug-likeness (QED) is 0.460. The summed E-state index contributed by atoms with van der Waals surface area (Å²) < 4.78 is 7.73. The monoisotopic (exact) mass is 426 g/mol. The van der Waals surface area contributed by atoms with Crippen molar-refractivity contribution in [3.05, 3.63) is 80.9 Å². The Balaban J connectivity index is 1.47. The molecule has 4 aromatic rings. The lowest BCUT2D eigenvalue weighted by Crippen LogP contribution is -2.06. The van der Waals surface area contributed by atoms with Gasteiger partial charge in [-0.15, -0.1) is 10.2 Å². The number of rotatable bonds is 6. The first-order valence-electron chi connectivity index (χ1n) is 9.02. The van der Waals surface area contributed by atoms with Crippen LogP contribution in [0.25, 0.3) is 10.9 Å². The normalized spacial score (nSPS) is 11.1. The molecule has 0 bridgehead atoms. The maximum absolute atomic E-state index is 11.9. The zero-order valence-corrected chi connectivity index (χ0v) is 17.5. The van der Waals surface area contributed by atoms with Crippen LogP contribution in [0.3, 0.4) is 0 Å². The maximum Gasteiger partial charge on any atom is 0.248 e. The van der Waals surface area contributed by atoms with Crippen LogP contribution < -0.4 is 10.3 Å². The Labute approximate surface area is 176 Å². The summed E-state index contributed by atoms with van der Waals surface area (Å²) >= 11 is 7.59. The van der Waals surface area contributed by atoms with Crippen LogP contribution in [-0.2, 0) is 19.4 Å². The van der Waals surface area contributed by atoms with E-state index < -0.39 is 0 Å². The molecule has 6 nitrogen and oxygen atoms in total. The number of hydrogen-bond acceptors (Lipinski definition) is 5. The molecular formula is C21H19ClN4O2S. The van der Waals surface area contributed by atoms with Crippen molar-refractivity contribution in [1.29, 1.82) is 0 Å². The van der Waals surface area contributed by atoms with Crippen molar-refractivity contribution in [2.24, 2.45) is 7.05 Å². The second-order valence-electron chi connectivity index (χ2n) is 6.65. The lowest BCUT2D eigenvalue weighted by atomic mass is 10.1. The Kier molecular flexibility index (Phi) is 5.60. The number of thioether (sulfide) groups is 1. The molecule has 0 aliphatic rings. The van der Waals surface area contributed by atoms with Crippen LogP contribution in [0.1, 0.15) is 17.0 Å². The van der Waals surface area contributed by atoms with Crippen LogP contribution in [0.2, 0.25) is 5.02 Å². The summed E-state index contributed by atoms with van der Waals surface area (Å²) in [4.78, 5) is 14.8. The molecule has 0 saturated carbocycles. The number of aromatic nitrogens is 4. The van der Waals surface area contributed by atoms with Crippen molar-refractivity contribution in [3.8, 4) is 5.75 Å². The summed E-state index contributed by atoms with van der Waals surface area (Å²) in [6.45, 7) is 2.24. The largest absolute Gasteiger partial charge is 0.486 e. The van der Waals surface area contributed by atoms with Crippen molar-refractivity contribution >= 4 is 34.3 Å². The number of ether oxygens (including phenoxy) is 1. The van der Waals surface area contributed by atoms with Gasteiger partial charge >= 0.3 is 0 Å². The fraction of sp³-hybridized carbons (Fsp3) is 0.190. The Morgan fingerprint density at radius 2 is 2.00 bits per heavy atom. The third kappa shape index (κ3) is 4.31. The number of benzene rings is 2. The van der Waals surface area contributed by atoms with E-state index in [0.717, 1.165) is 38.8 Å². The van der Waals surface area contributed by atoms with Gasteiger partial charge in [0, 0.05) is 34.8 Å². The molecule has 8 heteroatoms. The standard InChI is InChI=1S/C21H19ClN4O2S/c1-13-9-15(7-8-17(13)22)28-11-19-24-25-21(26(19)2)29-12-14-10-20(27)23-18-6-4-3-5-16(14)18/h3-10H,11-12H2,1-2H3,(H,23,27). The van der Waals surface area contributed by atoms with Crippen molar-refractivity contribution in [1.82, 2.24) is 19.7 Å². The molecule has 0 saturated heterocycles. The summed E-state index contributed by atoms with van der Waals surface area (Å²) in [5, 5.41) is 11.0. The van der Waals surface area contributed by atoms with Crippen LogP contribution >= 0.6 is 23.4 Å². The molecule has 0 aliphatic heterocycles. The first-order valence-corrected chi connectivity index (χ1v) is 10.4. The van der Waals surface area contributed by atoms with Gasteiger partial charge in [0.15, 0.2) is 11.0 Å². The summed E-state index contributed by atoms with van der Waals surface area (Å²) in [7, 11) is 1.91. The molecule has 148 valence electrons. The summed E-state index contributed by atoms with van der Waals surface area (Å²) in [6, 6.07) is 15.0. The van der Waals surface area contributed by atoms with E-state index in [9.17, 15) is 4.79 Å². The topological polar surface area (TPSA) is 72.8 Å². The number of halogens is 1. The Hall–Kier alpha value is -2.77. The predicted molar refractivity (Wildman–Crippen MR) is 116 cm³/mol. The van der Waals surface area contributed by atoms with E-state index in [4.69, 9.17) is 16.3 Å². The van der Waals surface area contributed by atoms with Gasteiger partial charge in [0.25, 0.3) is 0 Å². The molecule has 0 unspecified atom stereocenters. The molecule has 0 spiro atoms. The Bertz CT molecular complexity index is 1240. The highest BCUT2D eigenvalue weighted by Gasteiger charge is 2.12. The van der Waals surface area contributed by atoms with Gasteiger partial charge in [-0.2, -0.15) is 0 Å². The molecule has 1 N–H and O–H groups in total. The third-order valence-corrected chi connectivity index (χ3v) is 6.11. The Morgan fingerprint density at radius 3 is 2.83 bits per heavy atom. The second kappa shape index (κ2) is 8.31. The minimum atomic E-state index is -0.107. The number of fused-ring (bicyclic) bond motifs is 1. The van der Waals surface area contributed by atoms with Crippen molar-refractivity contribution < 1.29 is 4.74 Å². The molecule has 2 aromatic carbocycles. The summed E-state index contributed by atoms with van der Waals surface area (Å²) in [5.74, 6) is 2.07. The lowest BCUT2D eigenvalue weighted by molar-refractivity contribution is 0.290. The Morgan fingerprint density at radius 1 is 1.17 bits per heavy atom. The van der Waals surface area contributed by atoms with Crippen molar-refractivity contribution in [3.63, 3.8) is 0 Å². The molecule has 2 aromatic heterocycles. The number of para-hydroxylation sites is 1. The number of nitrogens with one attached hydrogen (secondary N) is 1. The maximum atomic E-state index is 11.9. The average Bonchev–Trinajstić information content (AvgIpc) is 3.06. The smallest absolute Gasteiger partial charge is 0.248 e. The van der Waals surface area contributed by atoms with Gasteiger partial charge < -0.3 is 14.3 Å². The van der Waals surface area contributed by atoms with Gasteiger partial charge in [-0.25, -0.2) is 0 Å². The molecule has 0 radical (unpaired) electrons. The van der Waals surface area contributed by atoms with Gasteiger partial charge in [-0.3, -0.25) is 4.79 Å². The zero-order chi connectivity index (χ0) is 20.4. The van der Waals surface area contributed by atoms with E-state index in [1.54, 1.807) is 6.07 Å². The third-order valence-electron chi connectivity index (χ3n) is 4.62. The van der Waals surface area contributed by atoms with Crippen molar-refractivity contribution in [2.75, 3.05) is 0 Å². The predicted octanol–water partition coefficient (Wildman–Crippen LogP) is 4.49. The average molecular weight is 427 g/mol.